The van der Waals surface area contributed by atoms with Crippen LogP contribution in [0.1, 0.15) is 51.5 Å². The van der Waals surface area contributed by atoms with Crippen LogP contribution in [0.15, 0.2) is 18.3 Å². The van der Waals surface area contributed by atoms with E-state index in [9.17, 15) is 9.18 Å². The van der Waals surface area contributed by atoms with Gasteiger partial charge < -0.3 is 21.1 Å². The maximum atomic E-state index is 13.9. The highest BCUT2D eigenvalue weighted by atomic mass is 35.5. The summed E-state index contributed by atoms with van der Waals surface area (Å²) in [6, 6.07) is 3.00. The minimum absolute atomic E-state index is 0.00505. The first-order valence-electron chi connectivity index (χ1n) is 12.0. The van der Waals surface area contributed by atoms with Gasteiger partial charge >= 0.3 is 0 Å². The van der Waals surface area contributed by atoms with E-state index in [-0.39, 0.29) is 28.0 Å². The predicted molar refractivity (Wildman–Crippen MR) is 137 cm³/mol. The van der Waals surface area contributed by atoms with Crippen LogP contribution in [-0.4, -0.2) is 44.7 Å². The van der Waals surface area contributed by atoms with Gasteiger partial charge in [0.15, 0.2) is 5.65 Å². The zero-order valence-corrected chi connectivity index (χ0v) is 21.4. The first kappa shape index (κ1) is 25.0. The Morgan fingerprint density at radius 1 is 1.17 bits per heavy atom. The maximum Gasteiger partial charge on any atom is 0.224 e. The van der Waals surface area contributed by atoms with Crippen LogP contribution in [0.5, 0.6) is 0 Å². The SMILES string of the molecule is CC1(C(N)=O)CCC(n2c(Nc3ccc(F)c(Cl)c3Cl)nc3cnc(NC4CCOCC4)nc32)CC1. The van der Waals surface area contributed by atoms with Gasteiger partial charge in [-0.25, -0.2) is 14.4 Å². The Morgan fingerprint density at radius 3 is 2.58 bits per heavy atom. The number of halogens is 3. The predicted octanol–water partition coefficient (Wildman–Crippen LogP) is 5.21. The van der Waals surface area contributed by atoms with Crippen molar-refractivity contribution in [1.29, 1.82) is 0 Å². The summed E-state index contributed by atoms with van der Waals surface area (Å²) in [4.78, 5) is 26.0. The molecule has 12 heteroatoms. The van der Waals surface area contributed by atoms with Gasteiger partial charge in [-0.2, -0.15) is 4.98 Å². The number of imidazole rings is 1. The largest absolute Gasteiger partial charge is 0.381 e. The third-order valence-corrected chi connectivity index (χ3v) is 8.15. The number of fused-ring (bicyclic) bond motifs is 1. The van der Waals surface area contributed by atoms with Crippen LogP contribution in [0.2, 0.25) is 10.0 Å². The van der Waals surface area contributed by atoms with E-state index < -0.39 is 11.2 Å². The van der Waals surface area contributed by atoms with Crippen LogP contribution in [0.4, 0.5) is 22.0 Å². The van der Waals surface area contributed by atoms with E-state index in [0.717, 1.165) is 12.8 Å². The van der Waals surface area contributed by atoms with Crippen molar-refractivity contribution in [1.82, 2.24) is 19.5 Å². The molecular weight excluding hydrogens is 508 g/mol. The van der Waals surface area contributed by atoms with Crippen LogP contribution in [-0.2, 0) is 9.53 Å². The van der Waals surface area contributed by atoms with Gasteiger partial charge in [0.25, 0.3) is 0 Å². The normalized spacial score (nSPS) is 23.1. The van der Waals surface area contributed by atoms with Crippen LogP contribution in [0.3, 0.4) is 0 Å². The van der Waals surface area contributed by atoms with Gasteiger partial charge in [0.1, 0.15) is 11.3 Å². The molecular formula is C24H28Cl2FN7O2. The lowest BCUT2D eigenvalue weighted by Crippen LogP contribution is -2.38. The van der Waals surface area contributed by atoms with Gasteiger partial charge in [-0.1, -0.05) is 30.1 Å². The van der Waals surface area contributed by atoms with Crippen molar-refractivity contribution in [3.63, 3.8) is 0 Å². The molecule has 0 unspecified atom stereocenters. The minimum atomic E-state index is -0.603. The number of carbonyl (C=O) groups excluding carboxylic acids is 1. The number of ether oxygens (including phenoxy) is 1. The fourth-order valence-corrected chi connectivity index (χ4v) is 5.27. The number of nitrogens with one attached hydrogen (secondary N) is 2. The van der Waals surface area contributed by atoms with Crippen molar-refractivity contribution in [2.75, 3.05) is 23.8 Å². The highest BCUT2D eigenvalue weighted by molar-refractivity contribution is 6.43. The molecule has 0 atom stereocenters. The van der Waals surface area contributed by atoms with E-state index in [0.29, 0.717) is 67.6 Å². The molecule has 0 spiro atoms. The molecule has 3 aromatic rings. The summed E-state index contributed by atoms with van der Waals surface area (Å²) >= 11 is 12.4. The van der Waals surface area contributed by atoms with Crippen LogP contribution in [0.25, 0.3) is 11.2 Å². The summed E-state index contributed by atoms with van der Waals surface area (Å²) in [5.74, 6) is 0.115. The fraction of sp³-hybridized carbons (Fsp3) is 0.500. The molecule has 9 nitrogen and oxygen atoms in total. The van der Waals surface area contributed by atoms with Crippen molar-refractivity contribution in [2.45, 2.75) is 57.5 Å². The molecule has 1 aliphatic carbocycles. The highest BCUT2D eigenvalue weighted by Gasteiger charge is 2.37. The lowest BCUT2D eigenvalue weighted by Gasteiger charge is -2.35. The van der Waals surface area contributed by atoms with Gasteiger partial charge in [-0.3, -0.25) is 9.36 Å². The second kappa shape index (κ2) is 9.99. The van der Waals surface area contributed by atoms with Crippen LogP contribution < -0.4 is 16.4 Å². The number of anilines is 3. The number of amides is 1. The molecule has 1 aromatic carbocycles. The lowest BCUT2D eigenvalue weighted by atomic mass is 9.73. The van der Waals surface area contributed by atoms with Crippen LogP contribution in [0, 0.1) is 11.2 Å². The van der Waals surface area contributed by atoms with E-state index >= 15 is 0 Å². The number of nitrogens with zero attached hydrogens (tertiary/aromatic N) is 4. The Hall–Kier alpha value is -2.69. The number of rotatable bonds is 6. The molecule has 5 rings (SSSR count). The maximum absolute atomic E-state index is 13.9. The minimum Gasteiger partial charge on any atom is -0.381 e. The Bertz CT molecular complexity index is 1290. The highest BCUT2D eigenvalue weighted by Crippen LogP contribution is 2.43. The molecule has 0 bridgehead atoms. The molecule has 1 saturated carbocycles. The zero-order chi connectivity index (χ0) is 25.4. The van der Waals surface area contributed by atoms with Crippen molar-refractivity contribution in [2.24, 2.45) is 11.1 Å². The molecule has 192 valence electrons. The second-order valence-corrected chi connectivity index (χ2v) is 10.5. The molecule has 36 heavy (non-hydrogen) atoms. The number of hydrogen-bond acceptors (Lipinski definition) is 7. The van der Waals surface area contributed by atoms with Crippen molar-refractivity contribution in [3.05, 3.63) is 34.2 Å². The summed E-state index contributed by atoms with van der Waals surface area (Å²) in [6.45, 7) is 3.32. The second-order valence-electron chi connectivity index (χ2n) is 9.74. The average Bonchev–Trinajstić information content (AvgIpc) is 3.22. The molecule has 2 aromatic heterocycles. The van der Waals surface area contributed by atoms with Crippen molar-refractivity contribution >= 4 is 57.9 Å². The topological polar surface area (TPSA) is 120 Å². The molecule has 4 N–H and O–H groups in total. The smallest absolute Gasteiger partial charge is 0.224 e. The summed E-state index contributed by atoms with van der Waals surface area (Å²) in [5, 5.41) is 6.52. The zero-order valence-electron chi connectivity index (χ0n) is 19.9. The Labute approximate surface area is 217 Å². The number of nitrogens with two attached hydrogens (primary N) is 1. The van der Waals surface area contributed by atoms with E-state index in [1.54, 1.807) is 6.20 Å². The third-order valence-electron chi connectivity index (χ3n) is 7.29. The Morgan fingerprint density at radius 2 is 1.89 bits per heavy atom. The monoisotopic (exact) mass is 535 g/mol. The van der Waals surface area contributed by atoms with E-state index in [2.05, 4.69) is 15.6 Å². The molecule has 2 aliphatic rings. The molecule has 1 aliphatic heterocycles. The molecule has 1 amide bonds. The van der Waals surface area contributed by atoms with E-state index in [1.807, 2.05) is 11.5 Å². The van der Waals surface area contributed by atoms with Crippen molar-refractivity contribution in [3.8, 4) is 0 Å². The number of benzene rings is 1. The Kier molecular flexibility index (Phi) is 6.93. The van der Waals surface area contributed by atoms with Crippen LogP contribution >= 0.6 is 23.2 Å². The first-order valence-corrected chi connectivity index (χ1v) is 12.8. The third kappa shape index (κ3) is 4.81. The number of primary amides is 1. The molecule has 1 saturated heterocycles. The standard InChI is InChI=1S/C24H28Cl2FN7O2/c1-24(21(28)35)8-4-14(5-9-24)34-20-17(12-29-22(33-20)30-13-6-10-36-11-7-13)32-23(34)31-16-3-2-15(27)18(25)19(16)26/h2-3,12-14H,4-11H2,1H3,(H2,28,35)(H,31,32)(H,29,30,33). The summed E-state index contributed by atoms with van der Waals surface area (Å²) in [5.41, 5.74) is 6.80. The van der Waals surface area contributed by atoms with Gasteiger partial charge in [0.05, 0.1) is 21.9 Å². The van der Waals surface area contributed by atoms with Crippen molar-refractivity contribution < 1.29 is 13.9 Å². The summed E-state index contributed by atoms with van der Waals surface area (Å²) in [6.07, 6.45) is 6.16. The van der Waals surface area contributed by atoms with E-state index in [4.69, 9.17) is 43.6 Å². The Balaban J connectivity index is 1.52. The molecule has 0 radical (unpaired) electrons. The average molecular weight is 536 g/mol. The van der Waals surface area contributed by atoms with Gasteiger partial charge in [-0.15, -0.1) is 0 Å². The first-order chi connectivity index (χ1) is 17.2. The van der Waals surface area contributed by atoms with Gasteiger partial charge in [0, 0.05) is 30.7 Å². The molecule has 2 fully saturated rings. The number of aromatic nitrogens is 4. The fourth-order valence-electron chi connectivity index (χ4n) is 4.91. The number of carbonyl (C=O) groups is 1. The number of hydrogen-bond donors (Lipinski definition) is 3. The van der Waals surface area contributed by atoms with Gasteiger partial charge in [-0.05, 0) is 50.7 Å². The quantitative estimate of drug-likeness (QED) is 0.370. The summed E-state index contributed by atoms with van der Waals surface area (Å²) < 4.78 is 21.3. The van der Waals surface area contributed by atoms with Gasteiger partial charge in [0.2, 0.25) is 17.8 Å². The lowest BCUT2D eigenvalue weighted by molar-refractivity contribution is -0.128. The summed E-state index contributed by atoms with van der Waals surface area (Å²) in [7, 11) is 0. The molecule has 3 heterocycles. The van der Waals surface area contributed by atoms with E-state index in [1.165, 1.54) is 12.1 Å².